The summed E-state index contributed by atoms with van der Waals surface area (Å²) in [5.74, 6) is -1.27. The highest BCUT2D eigenvalue weighted by Crippen LogP contribution is 2.24. The maximum absolute atomic E-state index is 13.7. The molecule has 20 heavy (non-hydrogen) atoms. The molecule has 2 aromatic rings. The number of hydrogen-bond donors (Lipinski definition) is 2. The number of carbonyl (C=O) groups is 1. The van der Waals surface area contributed by atoms with Crippen molar-refractivity contribution in [2.75, 3.05) is 11.1 Å². The summed E-state index contributed by atoms with van der Waals surface area (Å²) < 4.78 is 13.7. The van der Waals surface area contributed by atoms with Crippen molar-refractivity contribution in [3.63, 3.8) is 0 Å². The summed E-state index contributed by atoms with van der Waals surface area (Å²) in [5, 5.41) is 11.1. The Bertz CT molecular complexity index is 725. The van der Waals surface area contributed by atoms with Crippen molar-refractivity contribution in [1.82, 2.24) is 0 Å². The van der Waals surface area contributed by atoms with Crippen LogP contribution < -0.4 is 11.1 Å². The topological polar surface area (TPSA) is 78.9 Å². The summed E-state index contributed by atoms with van der Waals surface area (Å²) in [4.78, 5) is 12.0. The molecule has 0 spiro atoms. The molecule has 0 bridgehead atoms. The summed E-state index contributed by atoms with van der Waals surface area (Å²) in [6, 6.07) is 10.2. The van der Waals surface area contributed by atoms with Crippen LogP contribution in [0.3, 0.4) is 0 Å². The van der Waals surface area contributed by atoms with Crippen LogP contribution >= 0.6 is 11.6 Å². The number of anilines is 2. The number of nitrogens with two attached hydrogens (primary N) is 1. The molecule has 0 aromatic heterocycles. The molecule has 3 N–H and O–H groups in total. The monoisotopic (exact) mass is 289 g/mol. The number of benzene rings is 2. The lowest BCUT2D eigenvalue weighted by molar-refractivity contribution is 0.102. The SMILES string of the molecule is N#Cc1ccc(NC(=O)c2cccc(N)c2Cl)c(F)c1. The Morgan fingerprint density at radius 2 is 2.10 bits per heavy atom. The van der Waals surface area contributed by atoms with Gasteiger partial charge < -0.3 is 11.1 Å². The van der Waals surface area contributed by atoms with Crippen molar-refractivity contribution in [3.8, 4) is 6.07 Å². The number of hydrogen-bond acceptors (Lipinski definition) is 3. The maximum atomic E-state index is 13.7. The molecule has 0 fully saturated rings. The first-order valence-electron chi connectivity index (χ1n) is 5.58. The molecule has 4 nitrogen and oxygen atoms in total. The van der Waals surface area contributed by atoms with Crippen molar-refractivity contribution in [1.29, 1.82) is 5.26 Å². The van der Waals surface area contributed by atoms with Gasteiger partial charge in [-0.1, -0.05) is 17.7 Å². The van der Waals surface area contributed by atoms with Gasteiger partial charge in [-0.25, -0.2) is 4.39 Å². The van der Waals surface area contributed by atoms with Crippen LogP contribution in [0.1, 0.15) is 15.9 Å². The number of nitrogens with one attached hydrogen (secondary N) is 1. The van der Waals surface area contributed by atoms with Crippen molar-refractivity contribution >= 4 is 28.9 Å². The van der Waals surface area contributed by atoms with Gasteiger partial charge in [0, 0.05) is 0 Å². The fourth-order valence-electron chi connectivity index (χ4n) is 1.60. The lowest BCUT2D eigenvalue weighted by Crippen LogP contribution is -2.14. The quantitative estimate of drug-likeness (QED) is 0.833. The van der Waals surface area contributed by atoms with Gasteiger partial charge in [0.05, 0.1) is 33.6 Å². The molecule has 0 radical (unpaired) electrons. The van der Waals surface area contributed by atoms with E-state index < -0.39 is 11.7 Å². The molecule has 100 valence electrons. The van der Waals surface area contributed by atoms with E-state index in [0.29, 0.717) is 0 Å². The smallest absolute Gasteiger partial charge is 0.257 e. The predicted octanol–water partition coefficient (Wildman–Crippen LogP) is 3.19. The summed E-state index contributed by atoms with van der Waals surface area (Å²) in [5.41, 5.74) is 6.14. The van der Waals surface area contributed by atoms with Gasteiger partial charge in [-0.15, -0.1) is 0 Å². The third-order valence-corrected chi connectivity index (χ3v) is 3.04. The number of amides is 1. The zero-order chi connectivity index (χ0) is 14.7. The molecule has 1 amide bonds. The maximum Gasteiger partial charge on any atom is 0.257 e. The molecule has 6 heteroatoms. The van der Waals surface area contributed by atoms with Crippen molar-refractivity contribution in [3.05, 3.63) is 58.4 Å². The molecule has 0 heterocycles. The number of nitrogens with zero attached hydrogens (tertiary/aromatic N) is 1. The standard InChI is InChI=1S/C14H9ClFN3O/c15-13-9(2-1-3-11(13)18)14(20)19-12-5-4-8(7-17)6-10(12)16/h1-6H,18H2,(H,19,20). The minimum absolute atomic E-state index is 0.0347. The van der Waals surface area contributed by atoms with E-state index in [1.165, 1.54) is 18.2 Å². The van der Waals surface area contributed by atoms with Gasteiger partial charge in [0.1, 0.15) is 5.82 Å². The van der Waals surface area contributed by atoms with Gasteiger partial charge >= 0.3 is 0 Å². The predicted molar refractivity (Wildman–Crippen MR) is 74.9 cm³/mol. The number of rotatable bonds is 2. The van der Waals surface area contributed by atoms with E-state index in [4.69, 9.17) is 22.6 Å². The van der Waals surface area contributed by atoms with Crippen LogP contribution in [0.15, 0.2) is 36.4 Å². The van der Waals surface area contributed by atoms with E-state index >= 15 is 0 Å². The highest BCUT2D eigenvalue weighted by Gasteiger charge is 2.14. The van der Waals surface area contributed by atoms with Gasteiger partial charge in [-0.2, -0.15) is 5.26 Å². The first-order chi connectivity index (χ1) is 9.52. The van der Waals surface area contributed by atoms with Crippen LogP contribution in [0.2, 0.25) is 5.02 Å². The largest absolute Gasteiger partial charge is 0.398 e. The first-order valence-corrected chi connectivity index (χ1v) is 5.95. The zero-order valence-corrected chi connectivity index (χ0v) is 10.9. The van der Waals surface area contributed by atoms with E-state index in [2.05, 4.69) is 5.32 Å². The third kappa shape index (κ3) is 2.71. The van der Waals surface area contributed by atoms with Crippen LogP contribution in [0.4, 0.5) is 15.8 Å². The van der Waals surface area contributed by atoms with Crippen LogP contribution in [-0.4, -0.2) is 5.91 Å². The van der Waals surface area contributed by atoms with E-state index in [1.54, 1.807) is 18.2 Å². The van der Waals surface area contributed by atoms with Gasteiger partial charge in [0.15, 0.2) is 0 Å². The molecular formula is C14H9ClFN3O. The Labute approximate surface area is 119 Å². The lowest BCUT2D eigenvalue weighted by Gasteiger charge is -2.09. The van der Waals surface area contributed by atoms with E-state index in [1.807, 2.05) is 0 Å². The number of nitriles is 1. The first kappa shape index (κ1) is 13.8. The minimum Gasteiger partial charge on any atom is -0.398 e. The molecule has 0 aliphatic carbocycles. The summed E-state index contributed by atoms with van der Waals surface area (Å²) >= 11 is 5.92. The second-order valence-electron chi connectivity index (χ2n) is 3.97. The van der Waals surface area contributed by atoms with Crippen molar-refractivity contribution in [2.24, 2.45) is 0 Å². The molecular weight excluding hydrogens is 281 g/mol. The molecule has 0 aliphatic rings. The lowest BCUT2D eigenvalue weighted by atomic mass is 10.1. The highest BCUT2D eigenvalue weighted by atomic mass is 35.5. The van der Waals surface area contributed by atoms with Crippen LogP contribution in [-0.2, 0) is 0 Å². The Morgan fingerprint density at radius 3 is 2.75 bits per heavy atom. The second-order valence-corrected chi connectivity index (χ2v) is 4.35. The van der Waals surface area contributed by atoms with Gasteiger partial charge in [0.2, 0.25) is 0 Å². The normalized spacial score (nSPS) is 9.85. The average molecular weight is 290 g/mol. The molecule has 2 aromatic carbocycles. The van der Waals surface area contributed by atoms with Crippen molar-refractivity contribution < 1.29 is 9.18 Å². The number of nitrogen functional groups attached to an aromatic ring is 1. The highest BCUT2D eigenvalue weighted by molar-refractivity contribution is 6.36. The summed E-state index contributed by atoms with van der Waals surface area (Å²) in [7, 11) is 0. The van der Waals surface area contributed by atoms with Gasteiger partial charge in [0.25, 0.3) is 5.91 Å². The third-order valence-electron chi connectivity index (χ3n) is 2.62. The Kier molecular flexibility index (Phi) is 3.87. The second kappa shape index (κ2) is 5.59. The Balaban J connectivity index is 2.29. The molecule has 2 rings (SSSR count). The zero-order valence-electron chi connectivity index (χ0n) is 10.2. The Morgan fingerprint density at radius 1 is 1.35 bits per heavy atom. The van der Waals surface area contributed by atoms with Gasteiger partial charge in [-0.05, 0) is 30.3 Å². The summed E-state index contributed by atoms with van der Waals surface area (Å²) in [6.07, 6.45) is 0. The fourth-order valence-corrected chi connectivity index (χ4v) is 1.81. The molecule has 0 atom stereocenters. The van der Waals surface area contributed by atoms with Gasteiger partial charge in [-0.3, -0.25) is 4.79 Å². The minimum atomic E-state index is -0.697. The van der Waals surface area contributed by atoms with E-state index in [9.17, 15) is 9.18 Å². The number of carbonyl (C=O) groups excluding carboxylic acids is 1. The molecule has 0 saturated heterocycles. The van der Waals surface area contributed by atoms with Crippen molar-refractivity contribution in [2.45, 2.75) is 0 Å². The average Bonchev–Trinajstić information content (AvgIpc) is 2.44. The van der Waals surface area contributed by atoms with E-state index in [0.717, 1.165) is 6.07 Å². The Hall–Kier alpha value is -2.58. The van der Waals surface area contributed by atoms with E-state index in [-0.39, 0.29) is 27.5 Å². The van der Waals surface area contributed by atoms with Crippen LogP contribution in [0, 0.1) is 17.1 Å². The fraction of sp³-hybridized carbons (Fsp3) is 0. The summed E-state index contributed by atoms with van der Waals surface area (Å²) in [6.45, 7) is 0. The molecule has 0 aliphatic heterocycles. The molecule has 0 unspecified atom stereocenters. The molecule has 0 saturated carbocycles. The van der Waals surface area contributed by atoms with Crippen LogP contribution in [0.5, 0.6) is 0 Å². The van der Waals surface area contributed by atoms with Crippen LogP contribution in [0.25, 0.3) is 0 Å². The number of halogens is 2.